The summed E-state index contributed by atoms with van der Waals surface area (Å²) in [5.74, 6) is -0.375. The van der Waals surface area contributed by atoms with Crippen molar-refractivity contribution >= 4 is 34.8 Å². The molecule has 0 radical (unpaired) electrons. The number of benzene rings is 2. The Morgan fingerprint density at radius 1 is 0.750 bits per heavy atom. The highest BCUT2D eigenvalue weighted by Gasteiger charge is 2.06. The molecule has 0 fully saturated rings. The highest BCUT2D eigenvalue weighted by atomic mass is 16.2. The average Bonchev–Trinajstić information content (AvgIpc) is 2.72. The fourth-order valence-corrected chi connectivity index (χ4v) is 2.35. The Balaban J connectivity index is 1.80. The van der Waals surface area contributed by atoms with Crippen molar-refractivity contribution in [3.05, 3.63) is 54.1 Å². The summed E-state index contributed by atoms with van der Waals surface area (Å²) in [4.78, 5) is 35.3. The van der Waals surface area contributed by atoms with Gasteiger partial charge in [-0.1, -0.05) is 13.8 Å². The van der Waals surface area contributed by atoms with E-state index in [4.69, 9.17) is 0 Å². The molecule has 0 aliphatic heterocycles. The van der Waals surface area contributed by atoms with E-state index in [9.17, 15) is 14.4 Å². The molecule has 0 aromatic heterocycles. The van der Waals surface area contributed by atoms with Crippen LogP contribution in [0.4, 0.5) is 17.1 Å². The van der Waals surface area contributed by atoms with Gasteiger partial charge in [0.15, 0.2) is 0 Å². The van der Waals surface area contributed by atoms with Gasteiger partial charge in [-0.2, -0.15) is 0 Å². The SMILES string of the molecule is CCCNC(=O)c1ccc(NC(=O)CNc2ccc(NC(=O)CC)cc2)cc1. The Morgan fingerprint density at radius 3 is 1.86 bits per heavy atom. The Hall–Kier alpha value is -3.35. The summed E-state index contributed by atoms with van der Waals surface area (Å²) in [5.41, 5.74) is 2.66. The molecule has 7 heteroatoms. The van der Waals surface area contributed by atoms with Crippen LogP contribution in [0.15, 0.2) is 48.5 Å². The van der Waals surface area contributed by atoms with Crippen LogP contribution in [0.5, 0.6) is 0 Å². The van der Waals surface area contributed by atoms with Crippen molar-refractivity contribution in [2.45, 2.75) is 26.7 Å². The predicted octanol–water partition coefficient (Wildman–Crippen LogP) is 3.23. The highest BCUT2D eigenvalue weighted by molar-refractivity contribution is 5.96. The molecule has 0 saturated carbocycles. The smallest absolute Gasteiger partial charge is 0.251 e. The molecule has 3 amide bonds. The van der Waals surface area contributed by atoms with Crippen LogP contribution in [0.1, 0.15) is 37.0 Å². The molecule has 0 spiro atoms. The van der Waals surface area contributed by atoms with Crippen LogP contribution in [0.25, 0.3) is 0 Å². The van der Waals surface area contributed by atoms with Gasteiger partial charge in [-0.05, 0) is 55.0 Å². The third-order valence-electron chi connectivity index (χ3n) is 3.91. The van der Waals surface area contributed by atoms with E-state index in [1.165, 1.54) is 0 Å². The van der Waals surface area contributed by atoms with Crippen LogP contribution >= 0.6 is 0 Å². The fraction of sp³-hybridized carbons (Fsp3) is 0.286. The quantitative estimate of drug-likeness (QED) is 0.535. The number of nitrogens with one attached hydrogen (secondary N) is 4. The minimum Gasteiger partial charge on any atom is -0.376 e. The number of hydrogen-bond donors (Lipinski definition) is 4. The van der Waals surface area contributed by atoms with Crippen molar-refractivity contribution in [1.82, 2.24) is 5.32 Å². The van der Waals surface area contributed by atoms with E-state index < -0.39 is 0 Å². The van der Waals surface area contributed by atoms with E-state index >= 15 is 0 Å². The second-order valence-electron chi connectivity index (χ2n) is 6.21. The molecule has 28 heavy (non-hydrogen) atoms. The number of hydrogen-bond acceptors (Lipinski definition) is 4. The Morgan fingerprint density at radius 2 is 1.29 bits per heavy atom. The molecule has 148 valence electrons. The van der Waals surface area contributed by atoms with Gasteiger partial charge in [-0.3, -0.25) is 14.4 Å². The van der Waals surface area contributed by atoms with E-state index in [0.717, 1.165) is 12.1 Å². The summed E-state index contributed by atoms with van der Waals surface area (Å²) < 4.78 is 0. The summed E-state index contributed by atoms with van der Waals surface area (Å²) >= 11 is 0. The minimum atomic E-state index is -0.202. The molecule has 0 saturated heterocycles. The van der Waals surface area contributed by atoms with E-state index in [1.807, 2.05) is 6.92 Å². The molecule has 0 heterocycles. The number of carbonyl (C=O) groups excluding carboxylic acids is 3. The third kappa shape index (κ3) is 6.75. The zero-order valence-electron chi connectivity index (χ0n) is 16.2. The first-order chi connectivity index (χ1) is 13.5. The van der Waals surface area contributed by atoms with Gasteiger partial charge in [0.2, 0.25) is 11.8 Å². The fourth-order valence-electron chi connectivity index (χ4n) is 2.35. The lowest BCUT2D eigenvalue weighted by molar-refractivity contribution is -0.116. The number of carbonyl (C=O) groups is 3. The van der Waals surface area contributed by atoms with Gasteiger partial charge in [0.1, 0.15) is 0 Å². The van der Waals surface area contributed by atoms with Gasteiger partial charge in [0.25, 0.3) is 5.91 Å². The maximum Gasteiger partial charge on any atom is 0.251 e. The molecular weight excluding hydrogens is 356 g/mol. The predicted molar refractivity (Wildman–Crippen MR) is 112 cm³/mol. The lowest BCUT2D eigenvalue weighted by Crippen LogP contribution is -2.24. The molecule has 2 rings (SSSR count). The maximum absolute atomic E-state index is 12.1. The van der Waals surface area contributed by atoms with Crippen molar-refractivity contribution in [1.29, 1.82) is 0 Å². The molecular formula is C21H26N4O3. The average molecular weight is 382 g/mol. The van der Waals surface area contributed by atoms with E-state index in [2.05, 4.69) is 21.3 Å². The first-order valence-corrected chi connectivity index (χ1v) is 9.33. The lowest BCUT2D eigenvalue weighted by Gasteiger charge is -2.10. The molecule has 7 nitrogen and oxygen atoms in total. The minimum absolute atomic E-state index is 0.0473. The van der Waals surface area contributed by atoms with E-state index in [-0.39, 0.29) is 24.3 Å². The number of amides is 3. The van der Waals surface area contributed by atoms with Gasteiger partial charge in [-0.25, -0.2) is 0 Å². The summed E-state index contributed by atoms with van der Waals surface area (Å²) in [5, 5.41) is 11.4. The standard InChI is InChI=1S/C21H26N4O3/c1-3-13-22-21(28)15-5-7-17(8-6-15)25-20(27)14-23-16-9-11-18(12-10-16)24-19(26)4-2/h5-12,23H,3-4,13-14H2,1-2H3,(H,22,28)(H,24,26)(H,25,27). The van der Waals surface area contributed by atoms with E-state index in [0.29, 0.717) is 29.9 Å². The summed E-state index contributed by atoms with van der Waals surface area (Å²) in [6, 6.07) is 13.9. The van der Waals surface area contributed by atoms with Crippen molar-refractivity contribution in [2.24, 2.45) is 0 Å². The first kappa shape index (κ1) is 21.0. The first-order valence-electron chi connectivity index (χ1n) is 9.33. The zero-order chi connectivity index (χ0) is 20.4. The molecule has 0 bridgehead atoms. The third-order valence-corrected chi connectivity index (χ3v) is 3.91. The highest BCUT2D eigenvalue weighted by Crippen LogP contribution is 2.14. The van der Waals surface area contributed by atoms with Crippen LogP contribution in [0.3, 0.4) is 0 Å². The van der Waals surface area contributed by atoms with Gasteiger partial charge >= 0.3 is 0 Å². The van der Waals surface area contributed by atoms with Gasteiger partial charge in [0.05, 0.1) is 6.54 Å². The second kappa shape index (κ2) is 10.7. The van der Waals surface area contributed by atoms with Gasteiger partial charge in [-0.15, -0.1) is 0 Å². The van der Waals surface area contributed by atoms with Crippen LogP contribution in [-0.4, -0.2) is 30.8 Å². The molecule has 0 aliphatic rings. The largest absolute Gasteiger partial charge is 0.376 e. The van der Waals surface area contributed by atoms with Crippen LogP contribution in [-0.2, 0) is 9.59 Å². The molecule has 4 N–H and O–H groups in total. The lowest BCUT2D eigenvalue weighted by atomic mass is 10.2. The Labute approximate surface area is 164 Å². The van der Waals surface area contributed by atoms with Crippen molar-refractivity contribution in [2.75, 3.05) is 29.0 Å². The van der Waals surface area contributed by atoms with E-state index in [1.54, 1.807) is 55.5 Å². The van der Waals surface area contributed by atoms with Crippen LogP contribution in [0, 0.1) is 0 Å². The summed E-state index contributed by atoms with van der Waals surface area (Å²) in [7, 11) is 0. The Kier molecular flexibility index (Phi) is 8.02. The van der Waals surface area contributed by atoms with Gasteiger partial charge < -0.3 is 21.3 Å². The van der Waals surface area contributed by atoms with Crippen molar-refractivity contribution in [3.63, 3.8) is 0 Å². The van der Waals surface area contributed by atoms with Crippen LogP contribution in [0.2, 0.25) is 0 Å². The number of rotatable bonds is 9. The second-order valence-corrected chi connectivity index (χ2v) is 6.21. The van der Waals surface area contributed by atoms with Crippen molar-refractivity contribution < 1.29 is 14.4 Å². The molecule has 0 aliphatic carbocycles. The van der Waals surface area contributed by atoms with Crippen LogP contribution < -0.4 is 21.3 Å². The topological polar surface area (TPSA) is 99.3 Å². The van der Waals surface area contributed by atoms with Gasteiger partial charge in [0, 0.05) is 35.6 Å². The summed E-state index contributed by atoms with van der Waals surface area (Å²) in [6.45, 7) is 4.51. The van der Waals surface area contributed by atoms with Crippen molar-refractivity contribution in [3.8, 4) is 0 Å². The zero-order valence-corrected chi connectivity index (χ0v) is 16.2. The normalized spacial score (nSPS) is 10.1. The maximum atomic E-state index is 12.1. The summed E-state index contributed by atoms with van der Waals surface area (Å²) in [6.07, 6.45) is 1.30. The Bertz CT molecular complexity index is 801. The molecule has 0 unspecified atom stereocenters. The number of anilines is 3. The molecule has 2 aromatic carbocycles. The monoisotopic (exact) mass is 382 g/mol. The molecule has 2 aromatic rings. The molecule has 0 atom stereocenters.